The minimum atomic E-state index is 0. The van der Waals surface area contributed by atoms with Crippen molar-refractivity contribution in [3.63, 3.8) is 0 Å². The van der Waals surface area contributed by atoms with E-state index < -0.39 is 0 Å². The summed E-state index contributed by atoms with van der Waals surface area (Å²) in [5.74, 6) is 1.86. The van der Waals surface area contributed by atoms with Crippen LogP contribution in [-0.4, -0.2) is 37.4 Å². The van der Waals surface area contributed by atoms with Gasteiger partial charge in [0.05, 0.1) is 7.11 Å². The van der Waals surface area contributed by atoms with Gasteiger partial charge < -0.3 is 9.64 Å². The number of methoxy groups -OCH3 is 1. The Kier molecular flexibility index (Phi) is 7.03. The summed E-state index contributed by atoms with van der Waals surface area (Å²) in [6, 6.07) is 7.38. The number of hydrogen-bond donors (Lipinski definition) is 0. The van der Waals surface area contributed by atoms with Crippen LogP contribution in [0, 0.1) is 5.92 Å². The highest BCUT2D eigenvalue weighted by Gasteiger charge is 2.16. The molecule has 0 N–H and O–H groups in total. The number of ketones is 1. The van der Waals surface area contributed by atoms with Gasteiger partial charge in [0.25, 0.3) is 0 Å². The summed E-state index contributed by atoms with van der Waals surface area (Å²) in [6.45, 7) is 5.46. The number of piperidine rings is 1. The zero-order valence-corrected chi connectivity index (χ0v) is 13.1. The first-order valence-corrected chi connectivity index (χ1v) is 7.08. The molecular weight excluding hydrogens is 274 g/mol. The lowest BCUT2D eigenvalue weighted by atomic mass is 9.99. The van der Waals surface area contributed by atoms with E-state index in [2.05, 4.69) is 11.8 Å². The van der Waals surface area contributed by atoms with Gasteiger partial charge in [-0.15, -0.1) is 12.4 Å². The third-order valence-corrected chi connectivity index (χ3v) is 3.94. The van der Waals surface area contributed by atoms with E-state index >= 15 is 0 Å². The molecule has 1 saturated heterocycles. The summed E-state index contributed by atoms with van der Waals surface area (Å²) in [6.07, 6.45) is 3.13. The number of rotatable bonds is 5. The number of hydrogen-bond acceptors (Lipinski definition) is 3. The third-order valence-electron chi connectivity index (χ3n) is 3.94. The van der Waals surface area contributed by atoms with Crippen LogP contribution in [0.25, 0.3) is 0 Å². The van der Waals surface area contributed by atoms with Gasteiger partial charge in [-0.2, -0.15) is 0 Å². The Morgan fingerprint density at radius 3 is 2.40 bits per heavy atom. The number of carbonyl (C=O) groups excluding carboxylic acids is 1. The van der Waals surface area contributed by atoms with Gasteiger partial charge >= 0.3 is 0 Å². The lowest BCUT2D eigenvalue weighted by Gasteiger charge is -2.29. The van der Waals surface area contributed by atoms with Crippen molar-refractivity contribution in [2.75, 3.05) is 26.7 Å². The molecule has 2 rings (SSSR count). The predicted octanol–water partition coefficient (Wildman–Crippen LogP) is 3.42. The van der Waals surface area contributed by atoms with Crippen LogP contribution in [0.15, 0.2) is 24.3 Å². The number of ether oxygens (including phenoxy) is 1. The van der Waals surface area contributed by atoms with Gasteiger partial charge in [-0.3, -0.25) is 4.79 Å². The second-order valence-electron chi connectivity index (χ2n) is 5.43. The van der Waals surface area contributed by atoms with Crippen LogP contribution >= 0.6 is 12.4 Å². The summed E-state index contributed by atoms with van der Waals surface area (Å²) in [5, 5.41) is 0. The minimum Gasteiger partial charge on any atom is -0.497 e. The molecule has 1 fully saturated rings. The van der Waals surface area contributed by atoms with Crippen molar-refractivity contribution in [3.05, 3.63) is 29.8 Å². The molecule has 0 amide bonds. The highest BCUT2D eigenvalue weighted by Crippen LogP contribution is 2.17. The molecule has 112 valence electrons. The quantitative estimate of drug-likeness (QED) is 0.780. The maximum atomic E-state index is 12.1. The van der Waals surface area contributed by atoms with E-state index in [1.54, 1.807) is 7.11 Å². The summed E-state index contributed by atoms with van der Waals surface area (Å²) >= 11 is 0. The van der Waals surface area contributed by atoms with Crippen molar-refractivity contribution in [1.29, 1.82) is 0 Å². The van der Waals surface area contributed by atoms with Crippen LogP contribution < -0.4 is 4.74 Å². The van der Waals surface area contributed by atoms with Gasteiger partial charge in [0.2, 0.25) is 0 Å². The Labute approximate surface area is 127 Å². The summed E-state index contributed by atoms with van der Waals surface area (Å²) < 4.78 is 5.09. The Morgan fingerprint density at radius 1 is 1.25 bits per heavy atom. The second kappa shape index (κ2) is 8.28. The van der Waals surface area contributed by atoms with E-state index in [4.69, 9.17) is 4.74 Å². The predicted molar refractivity (Wildman–Crippen MR) is 84.0 cm³/mol. The number of likely N-dealkylation sites (tertiary alicyclic amines) is 1. The van der Waals surface area contributed by atoms with Crippen LogP contribution in [0.2, 0.25) is 0 Å². The van der Waals surface area contributed by atoms with Crippen molar-refractivity contribution in [1.82, 2.24) is 4.90 Å². The van der Waals surface area contributed by atoms with E-state index in [0.717, 1.165) is 36.9 Å². The van der Waals surface area contributed by atoms with Crippen molar-refractivity contribution in [2.24, 2.45) is 5.92 Å². The molecule has 0 radical (unpaired) electrons. The Balaban J connectivity index is 0.00000200. The number of halogens is 1. The maximum absolute atomic E-state index is 12.1. The molecule has 0 saturated carbocycles. The van der Waals surface area contributed by atoms with Crippen molar-refractivity contribution >= 4 is 18.2 Å². The summed E-state index contributed by atoms with van der Waals surface area (Å²) in [4.78, 5) is 14.5. The zero-order valence-electron chi connectivity index (χ0n) is 12.3. The summed E-state index contributed by atoms with van der Waals surface area (Å²) in [7, 11) is 1.63. The Morgan fingerprint density at radius 2 is 1.85 bits per heavy atom. The van der Waals surface area contributed by atoms with E-state index in [9.17, 15) is 4.79 Å². The van der Waals surface area contributed by atoms with Gasteiger partial charge in [0.15, 0.2) is 5.78 Å². The van der Waals surface area contributed by atoms with E-state index in [1.165, 1.54) is 12.8 Å². The van der Waals surface area contributed by atoms with Gasteiger partial charge in [-0.1, -0.05) is 6.92 Å². The second-order valence-corrected chi connectivity index (χ2v) is 5.43. The Hall–Kier alpha value is -1.06. The molecule has 3 nitrogen and oxygen atoms in total. The van der Waals surface area contributed by atoms with E-state index in [1.807, 2.05) is 24.3 Å². The number of carbonyl (C=O) groups is 1. The minimum absolute atomic E-state index is 0. The molecule has 0 aromatic heterocycles. The number of benzene rings is 1. The first kappa shape index (κ1) is 17.0. The number of Topliss-reactive ketones (excluding diaryl/α,β-unsaturated/α-hetero) is 1. The van der Waals surface area contributed by atoms with Crippen molar-refractivity contribution < 1.29 is 9.53 Å². The SMILES string of the molecule is COc1ccc(C(=O)CCN2CCC(C)CC2)cc1.Cl. The normalized spacial score (nSPS) is 16.5. The number of nitrogens with zero attached hydrogens (tertiary/aromatic N) is 1. The van der Waals surface area contributed by atoms with Gasteiger partial charge in [0, 0.05) is 18.5 Å². The first-order valence-electron chi connectivity index (χ1n) is 7.08. The fourth-order valence-electron chi connectivity index (χ4n) is 2.47. The lowest BCUT2D eigenvalue weighted by Crippen LogP contribution is -2.34. The highest BCUT2D eigenvalue weighted by atomic mass is 35.5. The molecular formula is C16H24ClNO2. The molecule has 20 heavy (non-hydrogen) atoms. The Bertz CT molecular complexity index is 411. The van der Waals surface area contributed by atoms with Crippen LogP contribution in [0.1, 0.15) is 36.5 Å². The third kappa shape index (κ3) is 4.80. The van der Waals surface area contributed by atoms with Crippen molar-refractivity contribution in [3.8, 4) is 5.75 Å². The van der Waals surface area contributed by atoms with Crippen molar-refractivity contribution in [2.45, 2.75) is 26.2 Å². The van der Waals surface area contributed by atoms with E-state index in [0.29, 0.717) is 6.42 Å². The van der Waals surface area contributed by atoms with Gasteiger partial charge in [0.1, 0.15) is 5.75 Å². The smallest absolute Gasteiger partial charge is 0.164 e. The van der Waals surface area contributed by atoms with Crippen LogP contribution in [-0.2, 0) is 0 Å². The standard InChI is InChI=1S/C16H23NO2.ClH/c1-13-7-10-17(11-8-13)12-9-16(18)14-3-5-15(19-2)6-4-14;/h3-6,13H,7-12H2,1-2H3;1H. The molecule has 1 aliphatic heterocycles. The van der Waals surface area contributed by atoms with Crippen LogP contribution in [0.4, 0.5) is 0 Å². The summed E-state index contributed by atoms with van der Waals surface area (Å²) in [5.41, 5.74) is 0.783. The molecule has 0 atom stereocenters. The molecule has 1 aromatic rings. The largest absolute Gasteiger partial charge is 0.497 e. The van der Waals surface area contributed by atoms with Gasteiger partial charge in [-0.25, -0.2) is 0 Å². The lowest BCUT2D eigenvalue weighted by molar-refractivity contribution is 0.0953. The molecule has 0 unspecified atom stereocenters. The first-order chi connectivity index (χ1) is 9.19. The highest BCUT2D eigenvalue weighted by molar-refractivity contribution is 5.96. The molecule has 4 heteroatoms. The molecule has 0 aliphatic carbocycles. The van der Waals surface area contributed by atoms with Crippen LogP contribution in [0.5, 0.6) is 5.75 Å². The maximum Gasteiger partial charge on any atom is 0.164 e. The zero-order chi connectivity index (χ0) is 13.7. The fraction of sp³-hybridized carbons (Fsp3) is 0.562. The molecule has 1 heterocycles. The molecule has 0 spiro atoms. The molecule has 1 aliphatic rings. The molecule has 0 bridgehead atoms. The monoisotopic (exact) mass is 297 g/mol. The van der Waals surface area contributed by atoms with E-state index in [-0.39, 0.29) is 18.2 Å². The average molecular weight is 298 g/mol. The van der Waals surface area contributed by atoms with Gasteiger partial charge in [-0.05, 0) is 56.1 Å². The fourth-order valence-corrected chi connectivity index (χ4v) is 2.47. The van der Waals surface area contributed by atoms with Crippen LogP contribution in [0.3, 0.4) is 0 Å². The molecule has 1 aromatic carbocycles. The topological polar surface area (TPSA) is 29.5 Å². The average Bonchev–Trinajstić information content (AvgIpc) is 2.46.